The summed E-state index contributed by atoms with van der Waals surface area (Å²) in [6.45, 7) is 8.64. The minimum absolute atomic E-state index is 0.127. The lowest BCUT2D eigenvalue weighted by molar-refractivity contribution is -0.144. The number of amides is 3. The van der Waals surface area contributed by atoms with E-state index < -0.39 is 35.6 Å². The van der Waals surface area contributed by atoms with E-state index in [0.29, 0.717) is 30.3 Å². The number of ether oxygens (including phenoxy) is 2. The predicted octanol–water partition coefficient (Wildman–Crippen LogP) is 8.12. The number of unbranched alkanes of at least 4 members (excludes halogenated alkanes) is 1. The van der Waals surface area contributed by atoms with Gasteiger partial charge in [-0.15, -0.1) is 0 Å². The number of hydrogen-bond acceptors (Lipinski definition) is 8. The van der Waals surface area contributed by atoms with Crippen molar-refractivity contribution in [3.05, 3.63) is 78.2 Å². The number of pyridine rings is 1. The van der Waals surface area contributed by atoms with Crippen molar-refractivity contribution >= 4 is 23.6 Å². The fourth-order valence-corrected chi connectivity index (χ4v) is 6.43. The maximum Gasteiger partial charge on any atom is 0.451 e. The molecule has 4 aromatic rings. The second-order valence-corrected chi connectivity index (χ2v) is 15.2. The van der Waals surface area contributed by atoms with E-state index in [1.165, 1.54) is 24.3 Å². The summed E-state index contributed by atoms with van der Waals surface area (Å²) >= 11 is 0. The summed E-state index contributed by atoms with van der Waals surface area (Å²) < 4.78 is 50.1. The molecule has 56 heavy (non-hydrogen) atoms. The zero-order valence-corrected chi connectivity index (χ0v) is 32.2. The number of alkyl carbamates (subject to hydrolysis) is 1. The number of hydrogen-bond donors (Lipinski definition) is 4. The summed E-state index contributed by atoms with van der Waals surface area (Å²) in [6.07, 6.45) is 2.36. The third-order valence-electron chi connectivity index (χ3n) is 9.37. The number of aromatic amines is 1. The number of carbonyl (C=O) groups excluding carboxylic acids is 3. The molecule has 0 bridgehead atoms. The van der Waals surface area contributed by atoms with Gasteiger partial charge in [0.25, 0.3) is 0 Å². The van der Waals surface area contributed by atoms with Crippen molar-refractivity contribution in [2.75, 3.05) is 18.5 Å². The highest BCUT2D eigenvalue weighted by molar-refractivity contribution is 5.97. The Bertz CT molecular complexity index is 1900. The van der Waals surface area contributed by atoms with Crippen LogP contribution in [0.15, 0.2) is 66.9 Å². The van der Waals surface area contributed by atoms with Crippen LogP contribution in [-0.4, -0.2) is 62.9 Å². The van der Waals surface area contributed by atoms with Gasteiger partial charge in [0.15, 0.2) is 5.82 Å². The van der Waals surface area contributed by atoms with Crippen LogP contribution in [0.25, 0.3) is 22.5 Å². The molecule has 1 aliphatic rings. The molecule has 2 heterocycles. The van der Waals surface area contributed by atoms with Crippen molar-refractivity contribution in [2.24, 2.45) is 11.8 Å². The second-order valence-electron chi connectivity index (χ2n) is 15.2. The first-order valence-electron chi connectivity index (χ1n) is 19.0. The topological polar surface area (TPSA) is 160 Å². The van der Waals surface area contributed by atoms with Crippen LogP contribution in [0.2, 0.25) is 0 Å². The van der Waals surface area contributed by atoms with Crippen LogP contribution in [0.4, 0.5) is 23.7 Å². The molecule has 0 spiro atoms. The minimum atomic E-state index is -4.66. The molecule has 2 aromatic carbocycles. The molecule has 0 aliphatic heterocycles. The van der Waals surface area contributed by atoms with Gasteiger partial charge in [-0.1, -0.05) is 37.6 Å². The number of anilines is 1. The van der Waals surface area contributed by atoms with E-state index in [2.05, 4.69) is 37.9 Å². The van der Waals surface area contributed by atoms with E-state index in [9.17, 15) is 27.6 Å². The molecule has 15 heteroatoms. The number of halogens is 3. The molecule has 300 valence electrons. The largest absolute Gasteiger partial charge is 0.478 e. The molecule has 4 N–H and O–H groups in total. The number of rotatable bonds is 15. The van der Waals surface area contributed by atoms with Crippen LogP contribution in [-0.2, 0) is 26.9 Å². The zero-order valence-electron chi connectivity index (χ0n) is 32.2. The Hall–Kier alpha value is -5.47. The number of alkyl halides is 3. The van der Waals surface area contributed by atoms with Crippen LogP contribution in [0.1, 0.15) is 84.0 Å². The maximum atomic E-state index is 13.8. The lowest BCUT2D eigenvalue weighted by atomic mass is 9.80. The first-order valence-corrected chi connectivity index (χ1v) is 19.0. The highest BCUT2D eigenvalue weighted by atomic mass is 19.4. The van der Waals surface area contributed by atoms with E-state index in [1.54, 1.807) is 6.20 Å². The van der Waals surface area contributed by atoms with E-state index in [1.807, 2.05) is 62.3 Å². The van der Waals surface area contributed by atoms with Gasteiger partial charge >= 0.3 is 12.3 Å². The molecule has 0 saturated heterocycles. The van der Waals surface area contributed by atoms with Crippen LogP contribution in [0.3, 0.4) is 0 Å². The van der Waals surface area contributed by atoms with Crippen molar-refractivity contribution in [3.8, 4) is 28.4 Å². The fourth-order valence-electron chi connectivity index (χ4n) is 6.43. The first-order chi connectivity index (χ1) is 26.6. The number of H-pyrrole nitrogens is 1. The summed E-state index contributed by atoms with van der Waals surface area (Å²) in [5.41, 5.74) is 2.69. The van der Waals surface area contributed by atoms with Gasteiger partial charge in [0.1, 0.15) is 11.6 Å². The van der Waals surface area contributed by atoms with Gasteiger partial charge in [0.2, 0.25) is 23.5 Å². The van der Waals surface area contributed by atoms with Crippen molar-refractivity contribution in [2.45, 2.75) is 96.9 Å². The van der Waals surface area contributed by atoms with Crippen molar-refractivity contribution in [1.29, 1.82) is 0 Å². The van der Waals surface area contributed by atoms with Crippen molar-refractivity contribution in [3.63, 3.8) is 0 Å². The normalized spacial score (nSPS) is 16.4. The number of carbonyl (C=O) groups is 3. The lowest BCUT2D eigenvalue weighted by Crippen LogP contribution is -2.45. The predicted molar refractivity (Wildman–Crippen MR) is 205 cm³/mol. The molecule has 0 radical (unpaired) electrons. The van der Waals surface area contributed by atoms with Crippen molar-refractivity contribution < 1.29 is 37.0 Å². The smallest absolute Gasteiger partial charge is 0.451 e. The molecule has 12 nitrogen and oxygen atoms in total. The van der Waals surface area contributed by atoms with Crippen LogP contribution in [0, 0.1) is 11.8 Å². The Morgan fingerprint density at radius 3 is 2.29 bits per heavy atom. The van der Waals surface area contributed by atoms with E-state index in [0.717, 1.165) is 55.2 Å². The van der Waals surface area contributed by atoms with Crippen LogP contribution < -0.4 is 20.7 Å². The highest BCUT2D eigenvalue weighted by Crippen LogP contribution is 2.31. The summed E-state index contributed by atoms with van der Waals surface area (Å²) in [5.74, 6) is -1.09. The molecular weight excluding hydrogens is 727 g/mol. The van der Waals surface area contributed by atoms with Gasteiger partial charge in [0.05, 0.1) is 6.61 Å². The van der Waals surface area contributed by atoms with E-state index >= 15 is 0 Å². The number of aromatic nitrogens is 4. The third kappa shape index (κ3) is 12.8. The maximum absolute atomic E-state index is 13.8. The molecule has 1 fully saturated rings. The Morgan fingerprint density at radius 1 is 0.929 bits per heavy atom. The Morgan fingerprint density at radius 2 is 1.64 bits per heavy atom. The van der Waals surface area contributed by atoms with Gasteiger partial charge in [-0.05, 0) is 106 Å². The monoisotopic (exact) mass is 777 g/mol. The molecule has 1 saturated carbocycles. The van der Waals surface area contributed by atoms with E-state index in [-0.39, 0.29) is 36.4 Å². The number of nitrogens with one attached hydrogen (secondary N) is 4. The van der Waals surface area contributed by atoms with Crippen molar-refractivity contribution in [1.82, 2.24) is 30.8 Å². The van der Waals surface area contributed by atoms with Gasteiger partial charge < -0.3 is 25.4 Å². The average Bonchev–Trinajstić information content (AvgIpc) is 3.66. The summed E-state index contributed by atoms with van der Waals surface area (Å²) in [4.78, 5) is 47.4. The molecular formula is C41H50F3N7O5. The van der Waals surface area contributed by atoms with Gasteiger partial charge in [-0.2, -0.15) is 18.3 Å². The first kappa shape index (κ1) is 41.7. The Balaban J connectivity index is 1.24. The zero-order chi connectivity index (χ0) is 40.3. The molecule has 1 unspecified atom stereocenters. The number of nitrogens with zero attached hydrogens (tertiary/aromatic N) is 3. The fraction of sp³-hybridized carbons (Fsp3) is 0.463. The minimum Gasteiger partial charge on any atom is -0.478 e. The standard InChI is InChI=1S/C41H50F3N7O5/c1-5-6-20-55-35-19-16-31(25-45-35)30-9-7-8-28(21-30)22-33(37(53)47-32-17-14-29(15-18-32)36-49-38(51-50-36)41(42,43)44)48-34(52)23-26-10-12-27(13-11-26)24-46-39(54)56-40(2,3)4/h7-9,14-19,21,25-27,33H,5-6,10-13,20,22-24H2,1-4H3,(H,46,54)(H,47,53)(H,48,52)(H,49,50,51). The second kappa shape index (κ2) is 18.9. The molecule has 1 atom stereocenters. The van der Waals surface area contributed by atoms with Gasteiger partial charge in [-0.25, -0.2) is 14.8 Å². The molecule has 5 rings (SSSR count). The third-order valence-corrected chi connectivity index (χ3v) is 9.37. The summed E-state index contributed by atoms with van der Waals surface area (Å²) in [5, 5.41) is 14.2. The molecule has 2 aromatic heterocycles. The quantitative estimate of drug-likeness (QED) is 0.0881. The van der Waals surface area contributed by atoms with Crippen LogP contribution in [0.5, 0.6) is 5.88 Å². The van der Waals surface area contributed by atoms with Crippen LogP contribution >= 0.6 is 0 Å². The molecule has 3 amide bonds. The Kier molecular flexibility index (Phi) is 14.1. The molecule has 1 aliphatic carbocycles. The average molecular weight is 778 g/mol. The van der Waals surface area contributed by atoms with Gasteiger partial charge in [-0.3, -0.25) is 14.7 Å². The number of benzene rings is 2. The van der Waals surface area contributed by atoms with E-state index in [4.69, 9.17) is 9.47 Å². The summed E-state index contributed by atoms with van der Waals surface area (Å²) in [6, 6.07) is 16.6. The highest BCUT2D eigenvalue weighted by Gasteiger charge is 2.35. The SMILES string of the molecule is CCCCOc1ccc(-c2cccc(CC(NC(=O)CC3CCC(CNC(=O)OC(C)(C)C)CC3)C(=O)Nc3ccc(-c4n[nH]c(C(F)(F)F)n4)cc3)c2)cn1. The summed E-state index contributed by atoms with van der Waals surface area (Å²) in [7, 11) is 0. The van der Waals surface area contributed by atoms with Gasteiger partial charge in [0, 0.05) is 48.5 Å². The Labute approximate surface area is 324 Å². The lowest BCUT2D eigenvalue weighted by Gasteiger charge is -2.29.